The lowest BCUT2D eigenvalue weighted by atomic mass is 9.67. The monoisotopic (exact) mass is 281 g/mol. The molecule has 0 aromatic rings. The second kappa shape index (κ2) is 4.90. The van der Waals surface area contributed by atoms with Gasteiger partial charge in [-0.15, -0.1) is 0 Å². The molecule has 2 N–H and O–H groups in total. The van der Waals surface area contributed by atoms with Crippen LogP contribution in [0.15, 0.2) is 0 Å². The fourth-order valence-corrected chi connectivity index (χ4v) is 3.44. The van der Waals surface area contributed by atoms with Gasteiger partial charge in [-0.1, -0.05) is 27.2 Å². The molecule has 2 rings (SSSR count). The van der Waals surface area contributed by atoms with Crippen molar-refractivity contribution in [1.82, 2.24) is 15.8 Å². The largest absolute Gasteiger partial charge is 0.333 e. The van der Waals surface area contributed by atoms with Crippen LogP contribution in [0.25, 0.3) is 0 Å². The smallest absolute Gasteiger partial charge is 0.317 e. The fraction of sp³-hybridized carbons (Fsp3) is 0.938. The first kappa shape index (κ1) is 15.6. The number of rotatable bonds is 2. The zero-order valence-electron chi connectivity index (χ0n) is 14.0. The van der Waals surface area contributed by atoms with Crippen LogP contribution in [0.3, 0.4) is 0 Å². The van der Waals surface area contributed by atoms with Crippen LogP contribution in [0.5, 0.6) is 0 Å². The van der Waals surface area contributed by atoms with E-state index in [0.717, 1.165) is 18.8 Å². The van der Waals surface area contributed by atoms with Crippen molar-refractivity contribution in [2.24, 2.45) is 11.3 Å². The van der Waals surface area contributed by atoms with Crippen molar-refractivity contribution >= 4 is 6.03 Å². The minimum atomic E-state index is -0.204. The van der Waals surface area contributed by atoms with E-state index in [4.69, 9.17) is 0 Å². The Hall–Kier alpha value is -0.770. The normalized spacial score (nSPS) is 31.8. The summed E-state index contributed by atoms with van der Waals surface area (Å²) in [7, 11) is 0. The summed E-state index contributed by atoms with van der Waals surface area (Å²) in [5, 5.41) is 4.95. The van der Waals surface area contributed by atoms with Crippen molar-refractivity contribution in [2.45, 2.75) is 84.8 Å². The second-order valence-corrected chi connectivity index (χ2v) is 8.25. The molecule has 1 saturated carbocycles. The molecule has 0 unspecified atom stereocenters. The summed E-state index contributed by atoms with van der Waals surface area (Å²) in [6, 6.07) is 0.0192. The van der Waals surface area contributed by atoms with E-state index in [1.807, 2.05) is 0 Å². The number of carbonyl (C=O) groups excluding carboxylic acids is 1. The highest BCUT2D eigenvalue weighted by Crippen LogP contribution is 2.43. The number of hydrazine groups is 1. The summed E-state index contributed by atoms with van der Waals surface area (Å²) in [6.45, 7) is 13.2. The van der Waals surface area contributed by atoms with Crippen LogP contribution >= 0.6 is 0 Å². The minimum Gasteiger partial charge on any atom is -0.317 e. The molecular formula is C16H31N3O. The van der Waals surface area contributed by atoms with Gasteiger partial charge >= 0.3 is 6.03 Å². The summed E-state index contributed by atoms with van der Waals surface area (Å²) >= 11 is 0. The first-order chi connectivity index (χ1) is 9.10. The maximum atomic E-state index is 12.2. The Morgan fingerprint density at radius 3 is 2.15 bits per heavy atom. The van der Waals surface area contributed by atoms with Crippen molar-refractivity contribution < 1.29 is 4.79 Å². The Bertz CT molecular complexity index is 376. The molecule has 0 radical (unpaired) electrons. The van der Waals surface area contributed by atoms with Crippen molar-refractivity contribution in [3.05, 3.63) is 0 Å². The first-order valence-electron chi connectivity index (χ1n) is 8.00. The summed E-state index contributed by atoms with van der Waals surface area (Å²) in [5.74, 6) is 0.764. The van der Waals surface area contributed by atoms with E-state index in [-0.39, 0.29) is 17.2 Å². The molecule has 4 nitrogen and oxygen atoms in total. The summed E-state index contributed by atoms with van der Waals surface area (Å²) in [4.78, 5) is 12.2. The third-order valence-corrected chi connectivity index (χ3v) is 5.40. The average molecular weight is 281 g/mol. The van der Waals surface area contributed by atoms with Gasteiger partial charge < -0.3 is 5.32 Å². The maximum Gasteiger partial charge on any atom is 0.333 e. The molecule has 1 spiro atoms. The molecule has 20 heavy (non-hydrogen) atoms. The van der Waals surface area contributed by atoms with Gasteiger partial charge in [0.05, 0.1) is 5.54 Å². The molecule has 2 amide bonds. The molecule has 4 heteroatoms. The highest BCUT2D eigenvalue weighted by Gasteiger charge is 2.48. The molecular weight excluding hydrogens is 250 g/mol. The zero-order valence-corrected chi connectivity index (χ0v) is 14.0. The standard InChI is InChI=1S/C16H31N3O/c1-7-15(5,6)12-8-10-16(11-9-12)17-13(20)19(18-16)14(2,3)4/h12,18H,7-11H2,1-6H3,(H,17,20). The molecule has 1 aliphatic heterocycles. The number of carbonyl (C=O) groups is 1. The minimum absolute atomic E-state index is 0.0192. The van der Waals surface area contributed by atoms with Crippen LogP contribution in [0.4, 0.5) is 4.79 Å². The van der Waals surface area contributed by atoms with Gasteiger partial charge in [0.1, 0.15) is 5.66 Å². The predicted octanol–water partition coefficient (Wildman–Crippen LogP) is 3.64. The molecule has 1 saturated heterocycles. The lowest BCUT2D eigenvalue weighted by Gasteiger charge is -2.43. The highest BCUT2D eigenvalue weighted by atomic mass is 16.2. The topological polar surface area (TPSA) is 44.4 Å². The van der Waals surface area contributed by atoms with Crippen LogP contribution in [0.2, 0.25) is 0 Å². The zero-order chi connectivity index (χ0) is 15.2. The Labute approximate surface area is 123 Å². The van der Waals surface area contributed by atoms with E-state index < -0.39 is 0 Å². The van der Waals surface area contributed by atoms with E-state index in [9.17, 15) is 4.79 Å². The van der Waals surface area contributed by atoms with E-state index in [0.29, 0.717) is 5.41 Å². The van der Waals surface area contributed by atoms with Gasteiger partial charge in [0.25, 0.3) is 0 Å². The second-order valence-electron chi connectivity index (χ2n) is 8.25. The van der Waals surface area contributed by atoms with Crippen molar-refractivity contribution in [3.63, 3.8) is 0 Å². The van der Waals surface area contributed by atoms with Crippen LogP contribution in [-0.4, -0.2) is 22.2 Å². The molecule has 0 atom stereocenters. The number of urea groups is 1. The van der Waals surface area contributed by atoms with Crippen LogP contribution in [0, 0.1) is 11.3 Å². The number of nitrogens with one attached hydrogen (secondary N) is 2. The van der Waals surface area contributed by atoms with E-state index in [2.05, 4.69) is 52.3 Å². The van der Waals surface area contributed by atoms with Crippen molar-refractivity contribution in [1.29, 1.82) is 0 Å². The lowest BCUT2D eigenvalue weighted by Crippen LogP contribution is -2.56. The molecule has 0 bridgehead atoms. The summed E-state index contributed by atoms with van der Waals surface area (Å²) in [6.07, 6.45) is 5.65. The van der Waals surface area contributed by atoms with Gasteiger partial charge in [0.2, 0.25) is 0 Å². The van der Waals surface area contributed by atoms with E-state index in [1.54, 1.807) is 5.01 Å². The van der Waals surface area contributed by atoms with Gasteiger partial charge in [-0.25, -0.2) is 10.2 Å². The number of hydrogen-bond donors (Lipinski definition) is 2. The SMILES string of the molecule is CCC(C)(C)C1CCC2(CC1)NC(=O)N(C(C)(C)C)N2. The Balaban J connectivity index is 2.02. The third-order valence-electron chi connectivity index (χ3n) is 5.40. The van der Waals surface area contributed by atoms with Gasteiger partial charge in [-0.3, -0.25) is 5.01 Å². The maximum absolute atomic E-state index is 12.2. The number of amides is 2. The predicted molar refractivity (Wildman–Crippen MR) is 82.0 cm³/mol. The molecule has 1 heterocycles. The number of nitrogens with zero attached hydrogens (tertiary/aromatic N) is 1. The first-order valence-corrected chi connectivity index (χ1v) is 8.00. The van der Waals surface area contributed by atoms with Gasteiger partial charge in [-0.05, 0) is 57.8 Å². The highest BCUT2D eigenvalue weighted by molar-refractivity contribution is 5.77. The van der Waals surface area contributed by atoms with Crippen LogP contribution < -0.4 is 10.7 Å². The fourth-order valence-electron chi connectivity index (χ4n) is 3.44. The Kier molecular flexibility index (Phi) is 3.83. The van der Waals surface area contributed by atoms with Crippen LogP contribution in [0.1, 0.15) is 73.6 Å². The molecule has 2 fully saturated rings. The molecule has 116 valence electrons. The van der Waals surface area contributed by atoms with Crippen LogP contribution in [-0.2, 0) is 0 Å². The van der Waals surface area contributed by atoms with Crippen molar-refractivity contribution in [2.75, 3.05) is 0 Å². The average Bonchev–Trinajstić information content (AvgIpc) is 2.67. The summed E-state index contributed by atoms with van der Waals surface area (Å²) < 4.78 is 0. The van der Waals surface area contributed by atoms with Gasteiger partial charge in [-0.2, -0.15) is 0 Å². The Morgan fingerprint density at radius 1 is 1.20 bits per heavy atom. The quantitative estimate of drug-likeness (QED) is 0.811. The van der Waals surface area contributed by atoms with Crippen molar-refractivity contribution in [3.8, 4) is 0 Å². The molecule has 0 aromatic heterocycles. The number of hydrogen-bond acceptors (Lipinski definition) is 2. The third kappa shape index (κ3) is 2.80. The van der Waals surface area contributed by atoms with Gasteiger partial charge in [0, 0.05) is 0 Å². The lowest BCUT2D eigenvalue weighted by molar-refractivity contribution is 0.0546. The molecule has 2 aliphatic rings. The van der Waals surface area contributed by atoms with E-state index >= 15 is 0 Å². The molecule has 1 aliphatic carbocycles. The van der Waals surface area contributed by atoms with Gasteiger partial charge in [0.15, 0.2) is 0 Å². The summed E-state index contributed by atoms with van der Waals surface area (Å²) in [5.41, 5.74) is 3.48. The Morgan fingerprint density at radius 2 is 1.75 bits per heavy atom. The van der Waals surface area contributed by atoms with E-state index in [1.165, 1.54) is 19.3 Å². The molecule has 0 aromatic carbocycles.